The van der Waals surface area contributed by atoms with Crippen LogP contribution >= 0.6 is 0 Å². The Kier molecular flexibility index (Phi) is 7.35. The second-order valence-electron chi connectivity index (χ2n) is 7.88. The lowest BCUT2D eigenvalue weighted by molar-refractivity contribution is -0.384. The fraction of sp³-hybridized carbons (Fsp3) is 0.0385. The Labute approximate surface area is 212 Å². The molecule has 4 rings (SSSR count). The molecule has 1 heterocycles. The van der Waals surface area contributed by atoms with E-state index in [9.17, 15) is 23.3 Å². The predicted molar refractivity (Wildman–Crippen MR) is 140 cm³/mol. The topological polar surface area (TPSA) is 144 Å². The van der Waals surface area contributed by atoms with Crippen LogP contribution < -0.4 is 10.0 Å². The number of benzene rings is 3. The van der Waals surface area contributed by atoms with Gasteiger partial charge in [0, 0.05) is 35.3 Å². The van der Waals surface area contributed by atoms with Crippen molar-refractivity contribution in [3.05, 3.63) is 118 Å². The van der Waals surface area contributed by atoms with Crippen LogP contribution in [0.15, 0.2) is 96.0 Å². The van der Waals surface area contributed by atoms with Crippen LogP contribution in [0, 0.1) is 17.0 Å². The molecule has 0 saturated heterocycles. The average molecular weight is 516 g/mol. The molecule has 0 atom stereocenters. The van der Waals surface area contributed by atoms with Crippen LogP contribution in [0.25, 0.3) is 11.6 Å². The van der Waals surface area contributed by atoms with Gasteiger partial charge in [0.2, 0.25) is 5.95 Å². The molecule has 1 aromatic heterocycles. The highest BCUT2D eigenvalue weighted by molar-refractivity contribution is 7.92. The molecule has 2 N–H and O–H groups in total. The molecule has 0 bridgehead atoms. The molecule has 37 heavy (non-hydrogen) atoms. The molecule has 10 nitrogen and oxygen atoms in total. The minimum atomic E-state index is -3.94. The van der Waals surface area contributed by atoms with Crippen LogP contribution in [0.4, 0.5) is 17.3 Å². The number of carbonyl (C=O) groups is 1. The van der Waals surface area contributed by atoms with Gasteiger partial charge in [-0.25, -0.2) is 23.1 Å². The molecule has 186 valence electrons. The number of sulfonamides is 1. The van der Waals surface area contributed by atoms with Gasteiger partial charge in [-0.05, 0) is 54.5 Å². The van der Waals surface area contributed by atoms with Gasteiger partial charge < -0.3 is 5.32 Å². The first-order valence-electron chi connectivity index (χ1n) is 11.0. The minimum Gasteiger partial charge on any atom is -0.322 e. The molecule has 0 radical (unpaired) electrons. The van der Waals surface area contributed by atoms with Crippen LogP contribution in [0.1, 0.15) is 16.8 Å². The zero-order valence-electron chi connectivity index (χ0n) is 19.5. The van der Waals surface area contributed by atoms with Crippen LogP contribution in [0.3, 0.4) is 0 Å². The predicted octanol–water partition coefficient (Wildman–Crippen LogP) is 4.67. The van der Waals surface area contributed by atoms with Gasteiger partial charge in [-0.1, -0.05) is 42.5 Å². The third-order valence-corrected chi connectivity index (χ3v) is 6.51. The van der Waals surface area contributed by atoms with E-state index in [-0.39, 0.29) is 22.1 Å². The van der Waals surface area contributed by atoms with Crippen molar-refractivity contribution < 1.29 is 18.1 Å². The van der Waals surface area contributed by atoms with E-state index in [0.717, 1.165) is 0 Å². The number of hydrogen-bond donors (Lipinski definition) is 2. The number of nitrogens with zero attached hydrogens (tertiary/aromatic N) is 3. The Balaban J connectivity index is 1.58. The number of nitro benzene ring substituents is 1. The van der Waals surface area contributed by atoms with Gasteiger partial charge in [-0.3, -0.25) is 14.9 Å². The molecule has 4 aromatic rings. The molecule has 11 heteroatoms. The summed E-state index contributed by atoms with van der Waals surface area (Å²) in [5.74, 6) is -0.518. The highest BCUT2D eigenvalue weighted by Crippen LogP contribution is 2.24. The number of nitro groups is 1. The van der Waals surface area contributed by atoms with Crippen molar-refractivity contribution in [2.24, 2.45) is 0 Å². The van der Waals surface area contributed by atoms with E-state index in [2.05, 4.69) is 20.0 Å². The summed E-state index contributed by atoms with van der Waals surface area (Å²) in [5.41, 5.74) is 2.23. The number of nitrogens with one attached hydrogen (secondary N) is 2. The maximum absolute atomic E-state index is 13.2. The van der Waals surface area contributed by atoms with Gasteiger partial charge in [0.05, 0.1) is 9.82 Å². The molecular weight excluding hydrogens is 494 g/mol. The number of amides is 1. The second-order valence-corrected chi connectivity index (χ2v) is 9.56. The second kappa shape index (κ2) is 10.8. The van der Waals surface area contributed by atoms with Crippen LogP contribution in [0.5, 0.6) is 0 Å². The SMILES string of the molecule is Cc1ccnc(NS(=O)(=O)c2ccc(NC(=O)/C(=C/c3cccc([N+](=O)[O-])c3)c3ccccc3)cc2)n1. The van der Waals surface area contributed by atoms with Crippen molar-refractivity contribution in [1.82, 2.24) is 9.97 Å². The van der Waals surface area contributed by atoms with E-state index in [1.807, 2.05) is 0 Å². The third-order valence-electron chi connectivity index (χ3n) is 5.16. The lowest BCUT2D eigenvalue weighted by Gasteiger charge is -2.11. The molecule has 0 aliphatic carbocycles. The van der Waals surface area contributed by atoms with Gasteiger partial charge >= 0.3 is 0 Å². The molecule has 0 aliphatic heterocycles. The first kappa shape index (κ1) is 25.2. The number of hydrogen-bond acceptors (Lipinski definition) is 7. The van der Waals surface area contributed by atoms with Crippen LogP contribution in [-0.4, -0.2) is 29.2 Å². The Bertz CT molecular complexity index is 1590. The van der Waals surface area contributed by atoms with E-state index in [1.165, 1.54) is 42.6 Å². The first-order chi connectivity index (χ1) is 17.7. The van der Waals surface area contributed by atoms with Gasteiger partial charge in [0.15, 0.2) is 0 Å². The summed E-state index contributed by atoms with van der Waals surface area (Å²) in [6.07, 6.45) is 3.01. The van der Waals surface area contributed by atoms with E-state index in [0.29, 0.717) is 22.5 Å². The monoisotopic (exact) mass is 515 g/mol. The molecule has 0 aliphatic rings. The number of aromatic nitrogens is 2. The molecule has 3 aromatic carbocycles. The van der Waals surface area contributed by atoms with Crippen molar-refractivity contribution in [1.29, 1.82) is 0 Å². The van der Waals surface area contributed by atoms with E-state index < -0.39 is 20.9 Å². The lowest BCUT2D eigenvalue weighted by Crippen LogP contribution is -2.16. The fourth-order valence-corrected chi connectivity index (χ4v) is 4.34. The molecular formula is C26H21N5O5S. The van der Waals surface area contributed by atoms with Crippen LogP contribution in [0.2, 0.25) is 0 Å². The largest absolute Gasteiger partial charge is 0.322 e. The summed E-state index contributed by atoms with van der Waals surface area (Å²) in [7, 11) is -3.94. The number of non-ortho nitro benzene ring substituents is 1. The van der Waals surface area contributed by atoms with Crippen molar-refractivity contribution in [2.75, 3.05) is 10.0 Å². The summed E-state index contributed by atoms with van der Waals surface area (Å²) in [6.45, 7) is 1.72. The van der Waals surface area contributed by atoms with Crippen molar-refractivity contribution >= 4 is 44.9 Å². The summed E-state index contributed by atoms with van der Waals surface area (Å²) in [4.78, 5) is 31.8. The lowest BCUT2D eigenvalue weighted by atomic mass is 10.0. The molecule has 0 spiro atoms. The molecule has 1 amide bonds. The number of anilines is 2. The number of carbonyl (C=O) groups excluding carboxylic acids is 1. The van der Waals surface area contributed by atoms with E-state index in [1.54, 1.807) is 61.5 Å². The number of rotatable bonds is 8. The van der Waals surface area contributed by atoms with Crippen molar-refractivity contribution in [3.63, 3.8) is 0 Å². The quantitative estimate of drug-likeness (QED) is 0.150. The minimum absolute atomic E-state index is 0.0361. The van der Waals surface area contributed by atoms with E-state index in [4.69, 9.17) is 0 Å². The van der Waals surface area contributed by atoms with Crippen LogP contribution in [-0.2, 0) is 14.8 Å². The maximum Gasteiger partial charge on any atom is 0.270 e. The summed E-state index contributed by atoms with van der Waals surface area (Å²) in [5, 5.41) is 13.9. The highest BCUT2D eigenvalue weighted by Gasteiger charge is 2.17. The Morgan fingerprint density at radius 1 is 0.973 bits per heavy atom. The Morgan fingerprint density at radius 3 is 2.38 bits per heavy atom. The molecule has 0 saturated carbocycles. The van der Waals surface area contributed by atoms with Gasteiger partial charge in [0.25, 0.3) is 21.6 Å². The maximum atomic E-state index is 13.2. The van der Waals surface area contributed by atoms with Gasteiger partial charge in [0.1, 0.15) is 0 Å². The third kappa shape index (κ3) is 6.41. The zero-order chi connectivity index (χ0) is 26.4. The smallest absolute Gasteiger partial charge is 0.270 e. The number of aryl methyl sites for hydroxylation is 1. The fourth-order valence-electron chi connectivity index (χ4n) is 3.39. The Morgan fingerprint density at radius 2 is 1.70 bits per heavy atom. The Hall–Kier alpha value is -4.90. The standard InChI is InChI=1S/C26H21N5O5S/c1-18-14-15-27-26(28-18)30-37(35,36)23-12-10-21(11-13-23)29-25(32)24(20-7-3-2-4-8-20)17-19-6-5-9-22(16-19)31(33)34/h2-17H,1H3,(H,29,32)(H,27,28,30)/b24-17+. The van der Waals surface area contributed by atoms with Crippen molar-refractivity contribution in [2.45, 2.75) is 11.8 Å². The van der Waals surface area contributed by atoms with Gasteiger partial charge in [-0.15, -0.1) is 0 Å². The molecule has 0 unspecified atom stereocenters. The summed E-state index contributed by atoms with van der Waals surface area (Å²) in [6, 6.07) is 22.1. The normalized spacial score (nSPS) is 11.5. The summed E-state index contributed by atoms with van der Waals surface area (Å²) >= 11 is 0. The van der Waals surface area contributed by atoms with E-state index >= 15 is 0 Å². The highest BCUT2D eigenvalue weighted by atomic mass is 32.2. The summed E-state index contributed by atoms with van der Waals surface area (Å²) < 4.78 is 27.7. The first-order valence-corrected chi connectivity index (χ1v) is 12.4. The average Bonchev–Trinajstić information content (AvgIpc) is 2.88. The molecule has 0 fully saturated rings. The van der Waals surface area contributed by atoms with Crippen molar-refractivity contribution in [3.8, 4) is 0 Å². The zero-order valence-corrected chi connectivity index (χ0v) is 20.3. The van der Waals surface area contributed by atoms with Gasteiger partial charge in [-0.2, -0.15) is 0 Å².